The van der Waals surface area contributed by atoms with Crippen molar-refractivity contribution < 1.29 is 8.76 Å². The Bertz CT molecular complexity index is 547. The van der Waals surface area contributed by atoms with Gasteiger partial charge < -0.3 is 9.45 Å². The first-order chi connectivity index (χ1) is 9.62. The minimum atomic E-state index is -1.88. The van der Waals surface area contributed by atoms with Crippen LogP contribution in [0.15, 0.2) is 47.4 Å². The molecule has 4 heteroatoms. The number of hydrogen-bond acceptors (Lipinski definition) is 2. The van der Waals surface area contributed by atoms with Crippen LogP contribution in [-0.2, 0) is 11.1 Å². The van der Waals surface area contributed by atoms with E-state index in [0.29, 0.717) is 4.90 Å². The van der Waals surface area contributed by atoms with Crippen LogP contribution in [0.4, 0.5) is 0 Å². The molecule has 2 rings (SSSR count). The van der Waals surface area contributed by atoms with Gasteiger partial charge in [-0.1, -0.05) is 51.1 Å². The molecule has 0 heterocycles. The Hall–Kier alpha value is -1.23. The highest BCUT2D eigenvalue weighted by Crippen LogP contribution is 2.16. The third-order valence-electron chi connectivity index (χ3n) is 3.26. The van der Waals surface area contributed by atoms with Gasteiger partial charge in [-0.05, 0) is 42.5 Å². The number of nitrogens with zero attached hydrogens (tertiary/aromatic N) is 1. The van der Waals surface area contributed by atoms with Crippen LogP contribution in [-0.4, -0.2) is 33.3 Å². The zero-order valence-electron chi connectivity index (χ0n) is 12.4. The molecule has 3 nitrogen and oxygen atoms in total. The third kappa shape index (κ3) is 5.04. The van der Waals surface area contributed by atoms with Gasteiger partial charge in [-0.2, -0.15) is 0 Å². The van der Waals surface area contributed by atoms with Crippen molar-refractivity contribution in [3.8, 4) is 0 Å². The molecular weight excluding hydrogens is 270 g/mol. The third-order valence-corrected chi connectivity index (χ3v) is 3.92. The maximum Gasteiger partial charge on any atom is 0.186 e. The Kier molecular flexibility index (Phi) is 7.44. The van der Waals surface area contributed by atoms with Gasteiger partial charge in [-0.15, -0.1) is 0 Å². The Morgan fingerprint density at radius 1 is 0.950 bits per heavy atom. The summed E-state index contributed by atoms with van der Waals surface area (Å²) < 4.78 is 19.6. The van der Waals surface area contributed by atoms with E-state index in [2.05, 4.69) is 25.7 Å². The summed E-state index contributed by atoms with van der Waals surface area (Å²) in [6.07, 6.45) is 0. The topological polar surface area (TPSA) is 40.5 Å². The van der Waals surface area contributed by atoms with E-state index in [1.165, 1.54) is 19.6 Å². The van der Waals surface area contributed by atoms with Crippen LogP contribution in [0.5, 0.6) is 0 Å². The summed E-state index contributed by atoms with van der Waals surface area (Å²) in [7, 11) is 0. The maximum absolute atomic E-state index is 10.8. The molecule has 1 N–H and O–H groups in total. The van der Waals surface area contributed by atoms with Gasteiger partial charge in [0.05, 0.1) is 4.90 Å². The molecule has 0 amide bonds. The van der Waals surface area contributed by atoms with Crippen molar-refractivity contribution in [2.75, 3.05) is 19.6 Å². The number of rotatable bonds is 4. The molecule has 2 aromatic rings. The summed E-state index contributed by atoms with van der Waals surface area (Å²) in [5.74, 6) is 0. The predicted octanol–water partition coefficient (Wildman–Crippen LogP) is 3.77. The van der Waals surface area contributed by atoms with Crippen LogP contribution in [0.1, 0.15) is 20.8 Å². The number of hydrogen-bond donors (Lipinski definition) is 1. The lowest BCUT2D eigenvalue weighted by Crippen LogP contribution is -2.21. The van der Waals surface area contributed by atoms with Crippen molar-refractivity contribution in [2.45, 2.75) is 25.7 Å². The fourth-order valence-corrected chi connectivity index (χ4v) is 2.36. The van der Waals surface area contributed by atoms with E-state index in [-0.39, 0.29) is 0 Å². The number of fused-ring (bicyclic) bond motifs is 1. The monoisotopic (exact) mass is 293 g/mol. The molecule has 1 atom stereocenters. The van der Waals surface area contributed by atoms with Crippen LogP contribution in [0.3, 0.4) is 0 Å². The quantitative estimate of drug-likeness (QED) is 0.872. The summed E-state index contributed by atoms with van der Waals surface area (Å²) in [6, 6.07) is 13.0. The Labute approximate surface area is 123 Å². The largest absolute Gasteiger partial charge is 0.304 e. The molecule has 1 unspecified atom stereocenters. The lowest BCUT2D eigenvalue weighted by molar-refractivity contribution is 0.321. The first-order valence-electron chi connectivity index (χ1n) is 6.94. The smallest absolute Gasteiger partial charge is 0.186 e. The van der Waals surface area contributed by atoms with E-state index in [1.807, 2.05) is 30.3 Å². The van der Waals surface area contributed by atoms with Gasteiger partial charge in [0.2, 0.25) is 0 Å². The summed E-state index contributed by atoms with van der Waals surface area (Å²) in [5, 5.41) is 2.07. The molecule has 0 spiro atoms. The molecule has 0 aliphatic heterocycles. The van der Waals surface area contributed by atoms with Crippen molar-refractivity contribution in [3.05, 3.63) is 42.5 Å². The van der Waals surface area contributed by atoms with Gasteiger partial charge in [-0.25, -0.2) is 4.21 Å². The SMILES string of the molecule is CCN(CC)CC.O=S(O)c1ccc2ccccc2c1. The fourth-order valence-electron chi connectivity index (χ4n) is 1.95. The molecule has 0 fully saturated rings. The minimum Gasteiger partial charge on any atom is -0.304 e. The standard InChI is InChI=1S/C10H8O2S.C6H15N/c11-13(12)10-6-5-8-3-1-2-4-9(8)7-10;1-4-7(5-2)6-3/h1-7H,(H,11,12);4-6H2,1-3H3. The maximum atomic E-state index is 10.8. The summed E-state index contributed by atoms with van der Waals surface area (Å²) in [6.45, 7) is 10.1. The molecule has 2 aromatic carbocycles. The van der Waals surface area contributed by atoms with Crippen LogP contribution in [0.25, 0.3) is 10.8 Å². The second-order valence-corrected chi connectivity index (χ2v) is 5.35. The van der Waals surface area contributed by atoms with Crippen molar-refractivity contribution >= 4 is 21.9 Å². The van der Waals surface area contributed by atoms with Gasteiger partial charge in [0.15, 0.2) is 11.1 Å². The first kappa shape index (κ1) is 16.8. The van der Waals surface area contributed by atoms with Gasteiger partial charge in [0, 0.05) is 0 Å². The Morgan fingerprint density at radius 2 is 1.50 bits per heavy atom. The lowest BCUT2D eigenvalue weighted by Gasteiger charge is -2.13. The molecule has 20 heavy (non-hydrogen) atoms. The lowest BCUT2D eigenvalue weighted by atomic mass is 10.1. The van der Waals surface area contributed by atoms with E-state index >= 15 is 0 Å². The van der Waals surface area contributed by atoms with Gasteiger partial charge in [0.25, 0.3) is 0 Å². The van der Waals surface area contributed by atoms with E-state index < -0.39 is 11.1 Å². The molecular formula is C16H23NO2S. The summed E-state index contributed by atoms with van der Waals surface area (Å²) in [5.41, 5.74) is 0. The molecule has 0 aliphatic carbocycles. The Balaban J connectivity index is 0.000000246. The van der Waals surface area contributed by atoms with E-state index in [9.17, 15) is 4.21 Å². The van der Waals surface area contributed by atoms with Crippen molar-refractivity contribution in [3.63, 3.8) is 0 Å². The molecule has 0 radical (unpaired) electrons. The predicted molar refractivity (Wildman–Crippen MR) is 86.4 cm³/mol. The van der Waals surface area contributed by atoms with E-state index in [0.717, 1.165) is 10.8 Å². The first-order valence-corrected chi connectivity index (χ1v) is 8.05. The average molecular weight is 293 g/mol. The zero-order valence-corrected chi connectivity index (χ0v) is 13.2. The minimum absolute atomic E-state index is 0.443. The van der Waals surface area contributed by atoms with E-state index in [1.54, 1.807) is 12.1 Å². The summed E-state index contributed by atoms with van der Waals surface area (Å²) >= 11 is -1.88. The van der Waals surface area contributed by atoms with Gasteiger partial charge in [0.1, 0.15) is 0 Å². The highest BCUT2D eigenvalue weighted by molar-refractivity contribution is 7.79. The normalized spacial score (nSPS) is 12.1. The fraction of sp³-hybridized carbons (Fsp3) is 0.375. The van der Waals surface area contributed by atoms with Crippen molar-refractivity contribution in [1.29, 1.82) is 0 Å². The highest BCUT2D eigenvalue weighted by atomic mass is 32.2. The van der Waals surface area contributed by atoms with Crippen molar-refractivity contribution in [1.82, 2.24) is 4.90 Å². The molecule has 0 saturated heterocycles. The molecule has 0 saturated carbocycles. The summed E-state index contributed by atoms with van der Waals surface area (Å²) in [4.78, 5) is 2.82. The van der Waals surface area contributed by atoms with Crippen LogP contribution < -0.4 is 0 Å². The van der Waals surface area contributed by atoms with Crippen LogP contribution >= 0.6 is 0 Å². The van der Waals surface area contributed by atoms with Crippen LogP contribution in [0, 0.1) is 0 Å². The average Bonchev–Trinajstić information content (AvgIpc) is 2.49. The molecule has 0 aromatic heterocycles. The van der Waals surface area contributed by atoms with E-state index in [4.69, 9.17) is 4.55 Å². The zero-order chi connectivity index (χ0) is 15.0. The van der Waals surface area contributed by atoms with Crippen LogP contribution in [0.2, 0.25) is 0 Å². The second-order valence-electron chi connectivity index (χ2n) is 4.38. The van der Waals surface area contributed by atoms with Gasteiger partial charge >= 0.3 is 0 Å². The Morgan fingerprint density at radius 3 is 1.95 bits per heavy atom. The molecule has 0 bridgehead atoms. The molecule has 0 aliphatic rings. The number of benzene rings is 2. The molecule has 110 valence electrons. The van der Waals surface area contributed by atoms with Gasteiger partial charge in [-0.3, -0.25) is 0 Å². The second kappa shape index (κ2) is 8.84. The van der Waals surface area contributed by atoms with Crippen molar-refractivity contribution in [2.24, 2.45) is 0 Å². The highest BCUT2D eigenvalue weighted by Gasteiger charge is 1.99.